The third kappa shape index (κ3) is 5.16. The number of hydrogen-bond acceptors (Lipinski definition) is 4. The van der Waals surface area contributed by atoms with Crippen LogP contribution in [0.1, 0.15) is 13.8 Å². The van der Waals surface area contributed by atoms with Crippen molar-refractivity contribution >= 4 is 5.91 Å². The molecule has 2 atom stereocenters. The Morgan fingerprint density at radius 2 is 2.21 bits per heavy atom. The quantitative estimate of drug-likeness (QED) is 0.586. The summed E-state index contributed by atoms with van der Waals surface area (Å²) < 4.78 is 10.1. The number of amides is 1. The maximum Gasteiger partial charge on any atom is 0.250 e. The van der Waals surface area contributed by atoms with Crippen molar-refractivity contribution in [3.63, 3.8) is 0 Å². The van der Waals surface area contributed by atoms with Crippen molar-refractivity contribution < 1.29 is 14.3 Å². The smallest absolute Gasteiger partial charge is 0.250 e. The summed E-state index contributed by atoms with van der Waals surface area (Å²) in [6.45, 7) is 5.11. The van der Waals surface area contributed by atoms with Crippen molar-refractivity contribution in [1.82, 2.24) is 5.32 Å². The largest absolute Gasteiger partial charge is 0.377 e. The lowest BCUT2D eigenvalue weighted by atomic mass is 10.3. The van der Waals surface area contributed by atoms with E-state index in [0.717, 1.165) is 0 Å². The molecule has 0 saturated carbocycles. The predicted octanol–water partition coefficient (Wildman–Crippen LogP) is -0.499. The molecule has 0 aliphatic rings. The summed E-state index contributed by atoms with van der Waals surface area (Å²) >= 11 is 0. The minimum Gasteiger partial charge on any atom is -0.377 e. The topological polar surface area (TPSA) is 73.6 Å². The number of nitrogens with one attached hydrogen (secondary N) is 1. The van der Waals surface area contributed by atoms with Gasteiger partial charge in [0.1, 0.15) is 6.10 Å². The van der Waals surface area contributed by atoms with Crippen molar-refractivity contribution in [2.24, 2.45) is 5.73 Å². The molecule has 0 aliphatic carbocycles. The molecule has 2 unspecified atom stereocenters. The van der Waals surface area contributed by atoms with Gasteiger partial charge in [0.2, 0.25) is 0 Å². The zero-order valence-electron chi connectivity index (χ0n) is 9.08. The van der Waals surface area contributed by atoms with Gasteiger partial charge in [0, 0.05) is 26.8 Å². The fraction of sp³-hybridized carbons (Fsp3) is 0.889. The van der Waals surface area contributed by atoms with Crippen molar-refractivity contribution in [3.05, 3.63) is 0 Å². The number of hydrogen-bond donors (Lipinski definition) is 2. The molecule has 0 aromatic carbocycles. The van der Waals surface area contributed by atoms with E-state index in [1.807, 2.05) is 13.8 Å². The number of methoxy groups -OCH3 is 1. The lowest BCUT2D eigenvalue weighted by molar-refractivity contribution is -0.131. The van der Waals surface area contributed by atoms with Gasteiger partial charge in [0.05, 0.1) is 6.10 Å². The number of nitrogens with two attached hydrogens (primary N) is 1. The second-order valence-corrected chi connectivity index (χ2v) is 2.97. The lowest BCUT2D eigenvalue weighted by Crippen LogP contribution is -2.43. The van der Waals surface area contributed by atoms with Gasteiger partial charge in [-0.1, -0.05) is 0 Å². The number of carbonyl (C=O) groups excluding carboxylic acids is 1. The first-order valence-electron chi connectivity index (χ1n) is 4.77. The third-order valence-electron chi connectivity index (χ3n) is 1.81. The monoisotopic (exact) mass is 204 g/mol. The molecule has 0 saturated heterocycles. The third-order valence-corrected chi connectivity index (χ3v) is 1.81. The van der Waals surface area contributed by atoms with Gasteiger partial charge in [0.15, 0.2) is 0 Å². The molecule has 84 valence electrons. The zero-order valence-corrected chi connectivity index (χ0v) is 9.08. The van der Waals surface area contributed by atoms with E-state index < -0.39 is 6.10 Å². The van der Waals surface area contributed by atoms with Gasteiger partial charge in [-0.25, -0.2) is 0 Å². The minimum atomic E-state index is -0.566. The Bertz CT molecular complexity index is 160. The Kier molecular flexibility index (Phi) is 7.37. The lowest BCUT2D eigenvalue weighted by Gasteiger charge is -2.16. The van der Waals surface area contributed by atoms with Crippen LogP contribution in [0.2, 0.25) is 0 Å². The first-order valence-corrected chi connectivity index (χ1v) is 4.77. The van der Waals surface area contributed by atoms with Crippen LogP contribution in [0.5, 0.6) is 0 Å². The van der Waals surface area contributed by atoms with Gasteiger partial charge in [-0.3, -0.25) is 4.79 Å². The molecule has 0 rings (SSSR count). The molecule has 0 bridgehead atoms. The second kappa shape index (κ2) is 7.73. The first-order chi connectivity index (χ1) is 6.65. The molecule has 0 radical (unpaired) electrons. The Morgan fingerprint density at radius 3 is 2.64 bits per heavy atom. The molecule has 5 nitrogen and oxygen atoms in total. The molecule has 3 N–H and O–H groups in total. The van der Waals surface area contributed by atoms with E-state index in [4.69, 9.17) is 15.2 Å². The fourth-order valence-electron chi connectivity index (χ4n) is 1.01. The molecule has 0 aliphatic heterocycles. The van der Waals surface area contributed by atoms with Gasteiger partial charge in [0.25, 0.3) is 5.91 Å². The van der Waals surface area contributed by atoms with Crippen molar-refractivity contribution in [2.75, 3.05) is 26.8 Å². The van der Waals surface area contributed by atoms with Crippen LogP contribution in [0.25, 0.3) is 0 Å². The predicted molar refractivity (Wildman–Crippen MR) is 53.9 cm³/mol. The number of rotatable bonds is 7. The zero-order chi connectivity index (χ0) is 11.0. The molecular formula is C9H20N2O3. The van der Waals surface area contributed by atoms with Gasteiger partial charge >= 0.3 is 0 Å². The standard InChI is InChI=1S/C9H20N2O3/c1-4-14-7(2)6-11-9(12)8(5-10)13-3/h7-8H,4-6,10H2,1-3H3,(H,11,12). The molecule has 14 heavy (non-hydrogen) atoms. The molecule has 0 aromatic rings. The van der Waals surface area contributed by atoms with Crippen LogP contribution < -0.4 is 11.1 Å². The van der Waals surface area contributed by atoms with E-state index in [1.165, 1.54) is 7.11 Å². The molecular weight excluding hydrogens is 184 g/mol. The molecule has 0 heterocycles. The van der Waals surface area contributed by atoms with E-state index in [9.17, 15) is 4.79 Å². The SMILES string of the molecule is CCOC(C)CNC(=O)C(CN)OC. The Morgan fingerprint density at radius 1 is 1.57 bits per heavy atom. The van der Waals surface area contributed by atoms with Gasteiger partial charge < -0.3 is 20.5 Å². The van der Waals surface area contributed by atoms with Crippen molar-refractivity contribution in [3.8, 4) is 0 Å². The van der Waals surface area contributed by atoms with Gasteiger partial charge in [-0.05, 0) is 13.8 Å². The molecule has 5 heteroatoms. The average Bonchev–Trinajstić information content (AvgIpc) is 2.17. The van der Waals surface area contributed by atoms with Crippen LogP contribution in [0.15, 0.2) is 0 Å². The van der Waals surface area contributed by atoms with Gasteiger partial charge in [-0.15, -0.1) is 0 Å². The van der Waals surface area contributed by atoms with E-state index in [1.54, 1.807) is 0 Å². The normalized spacial score (nSPS) is 14.9. The van der Waals surface area contributed by atoms with E-state index in [2.05, 4.69) is 5.32 Å². The highest BCUT2D eigenvalue weighted by atomic mass is 16.5. The summed E-state index contributed by atoms with van der Waals surface area (Å²) in [5.74, 6) is -0.193. The maximum absolute atomic E-state index is 11.3. The minimum absolute atomic E-state index is 0.0132. The summed E-state index contributed by atoms with van der Waals surface area (Å²) in [4.78, 5) is 11.3. The van der Waals surface area contributed by atoms with Crippen LogP contribution >= 0.6 is 0 Å². The highest BCUT2D eigenvalue weighted by molar-refractivity contribution is 5.80. The van der Waals surface area contributed by atoms with Crippen LogP contribution in [0.3, 0.4) is 0 Å². The number of carbonyl (C=O) groups is 1. The van der Waals surface area contributed by atoms with Crippen LogP contribution in [0.4, 0.5) is 0 Å². The first kappa shape index (κ1) is 13.4. The van der Waals surface area contributed by atoms with Crippen LogP contribution in [-0.4, -0.2) is 44.9 Å². The molecule has 0 fully saturated rings. The van der Waals surface area contributed by atoms with Crippen molar-refractivity contribution in [1.29, 1.82) is 0 Å². The summed E-state index contributed by atoms with van der Waals surface area (Å²) in [5.41, 5.74) is 5.33. The van der Waals surface area contributed by atoms with Crippen molar-refractivity contribution in [2.45, 2.75) is 26.1 Å². The summed E-state index contributed by atoms with van der Waals surface area (Å²) in [6, 6.07) is 0. The van der Waals surface area contributed by atoms with Crippen LogP contribution in [0, 0.1) is 0 Å². The fourth-order valence-corrected chi connectivity index (χ4v) is 1.01. The summed E-state index contributed by atoms with van der Waals surface area (Å²) in [7, 11) is 1.46. The highest BCUT2D eigenvalue weighted by Crippen LogP contribution is 1.90. The highest BCUT2D eigenvalue weighted by Gasteiger charge is 2.15. The van der Waals surface area contributed by atoms with E-state index >= 15 is 0 Å². The maximum atomic E-state index is 11.3. The molecule has 1 amide bonds. The second-order valence-electron chi connectivity index (χ2n) is 2.97. The summed E-state index contributed by atoms with van der Waals surface area (Å²) in [6.07, 6.45) is -0.553. The Labute approximate surface area is 84.9 Å². The van der Waals surface area contributed by atoms with E-state index in [0.29, 0.717) is 13.2 Å². The Balaban J connectivity index is 3.71. The average molecular weight is 204 g/mol. The number of ether oxygens (including phenoxy) is 2. The Hall–Kier alpha value is -0.650. The molecule has 0 aromatic heterocycles. The van der Waals surface area contributed by atoms with Gasteiger partial charge in [-0.2, -0.15) is 0 Å². The summed E-state index contributed by atoms with van der Waals surface area (Å²) in [5, 5.41) is 2.70. The van der Waals surface area contributed by atoms with E-state index in [-0.39, 0.29) is 18.6 Å². The van der Waals surface area contributed by atoms with Crippen LogP contribution in [-0.2, 0) is 14.3 Å². The molecule has 0 spiro atoms.